The van der Waals surface area contributed by atoms with Gasteiger partial charge in [0.1, 0.15) is 0 Å². The lowest BCUT2D eigenvalue weighted by Gasteiger charge is -2.27. The van der Waals surface area contributed by atoms with Crippen LogP contribution >= 0.6 is 0 Å². The van der Waals surface area contributed by atoms with E-state index in [1.807, 2.05) is 38.1 Å². The molecule has 0 aromatic heterocycles. The maximum absolute atomic E-state index is 12.1. The van der Waals surface area contributed by atoms with Crippen molar-refractivity contribution in [2.24, 2.45) is 5.92 Å². The molecule has 1 amide bonds. The average Bonchev–Trinajstić information content (AvgIpc) is 2.47. The number of benzene rings is 1. The predicted octanol–water partition coefficient (Wildman–Crippen LogP) is 2.46. The molecule has 1 aromatic rings. The Morgan fingerprint density at radius 2 is 2.05 bits per heavy atom. The number of carbonyl (C=O) groups excluding carboxylic acids is 1. The van der Waals surface area contributed by atoms with Crippen LogP contribution in [0.2, 0.25) is 0 Å². The van der Waals surface area contributed by atoms with Crippen LogP contribution in [0.25, 0.3) is 0 Å². The predicted molar refractivity (Wildman–Crippen MR) is 85.2 cm³/mol. The largest absolute Gasteiger partial charge is 0.393 e. The first kappa shape index (κ1) is 16.0. The van der Waals surface area contributed by atoms with Crippen LogP contribution in [-0.2, 0) is 4.79 Å². The summed E-state index contributed by atoms with van der Waals surface area (Å²) in [5.74, 6) is 0.457. The van der Waals surface area contributed by atoms with E-state index in [-0.39, 0.29) is 18.1 Å². The zero-order valence-electron chi connectivity index (χ0n) is 12.9. The summed E-state index contributed by atoms with van der Waals surface area (Å²) >= 11 is 0. The Hall–Kier alpha value is -1.39. The number of carbonyl (C=O) groups is 1. The van der Waals surface area contributed by atoms with E-state index in [1.54, 1.807) is 0 Å². The van der Waals surface area contributed by atoms with Crippen LogP contribution in [0.15, 0.2) is 24.3 Å². The van der Waals surface area contributed by atoms with E-state index in [1.165, 1.54) is 5.56 Å². The minimum Gasteiger partial charge on any atom is -0.393 e. The van der Waals surface area contributed by atoms with Gasteiger partial charge in [-0.25, -0.2) is 0 Å². The molecule has 0 heterocycles. The summed E-state index contributed by atoms with van der Waals surface area (Å²) in [5.41, 5.74) is 2.00. The second-order valence-electron chi connectivity index (χ2n) is 6.17. The second kappa shape index (κ2) is 7.57. The maximum atomic E-state index is 12.1. The van der Waals surface area contributed by atoms with E-state index in [0.29, 0.717) is 5.92 Å². The number of aryl methyl sites for hydroxylation is 1. The Kier molecular flexibility index (Phi) is 5.76. The molecule has 1 fully saturated rings. The third kappa shape index (κ3) is 5.14. The van der Waals surface area contributed by atoms with Gasteiger partial charge < -0.3 is 15.7 Å². The van der Waals surface area contributed by atoms with Crippen LogP contribution in [0.1, 0.15) is 38.2 Å². The quantitative estimate of drug-likeness (QED) is 0.780. The van der Waals surface area contributed by atoms with Crippen LogP contribution in [-0.4, -0.2) is 29.7 Å². The number of aliphatic hydroxyl groups excluding tert-OH is 1. The smallest absolute Gasteiger partial charge is 0.241 e. The fourth-order valence-corrected chi connectivity index (χ4v) is 2.77. The van der Waals surface area contributed by atoms with Crippen molar-refractivity contribution in [2.45, 2.75) is 51.7 Å². The summed E-state index contributed by atoms with van der Waals surface area (Å²) in [4.78, 5) is 12.1. The molecule has 21 heavy (non-hydrogen) atoms. The van der Waals surface area contributed by atoms with Gasteiger partial charge in [-0.05, 0) is 57.7 Å². The molecule has 0 aliphatic heterocycles. The number of hydrogen-bond donors (Lipinski definition) is 3. The molecule has 1 aliphatic rings. The molecule has 3 N–H and O–H groups in total. The minimum absolute atomic E-state index is 0.0183. The van der Waals surface area contributed by atoms with Crippen molar-refractivity contribution >= 4 is 11.6 Å². The van der Waals surface area contributed by atoms with Crippen molar-refractivity contribution < 1.29 is 9.90 Å². The molecule has 1 saturated carbocycles. The van der Waals surface area contributed by atoms with Crippen molar-refractivity contribution in [2.75, 3.05) is 11.9 Å². The van der Waals surface area contributed by atoms with Gasteiger partial charge in [-0.1, -0.05) is 24.1 Å². The van der Waals surface area contributed by atoms with Gasteiger partial charge in [0.25, 0.3) is 0 Å². The number of amides is 1. The lowest BCUT2D eigenvalue weighted by atomic mass is 9.87. The molecule has 0 bridgehead atoms. The molecule has 0 spiro atoms. The van der Waals surface area contributed by atoms with E-state index in [0.717, 1.165) is 37.9 Å². The molecule has 3 atom stereocenters. The summed E-state index contributed by atoms with van der Waals surface area (Å²) in [6.45, 7) is 4.69. The van der Waals surface area contributed by atoms with Gasteiger partial charge >= 0.3 is 0 Å². The van der Waals surface area contributed by atoms with Gasteiger partial charge in [0.15, 0.2) is 0 Å². The van der Waals surface area contributed by atoms with Crippen molar-refractivity contribution in [3.05, 3.63) is 29.8 Å². The number of anilines is 1. The van der Waals surface area contributed by atoms with E-state index in [4.69, 9.17) is 0 Å². The number of aliphatic hydroxyl groups is 1. The summed E-state index contributed by atoms with van der Waals surface area (Å²) in [5, 5.41) is 15.9. The van der Waals surface area contributed by atoms with Crippen LogP contribution < -0.4 is 10.6 Å². The van der Waals surface area contributed by atoms with Crippen molar-refractivity contribution in [1.29, 1.82) is 0 Å². The first-order valence-electron chi connectivity index (χ1n) is 7.83. The molecular weight excluding hydrogens is 264 g/mol. The Morgan fingerprint density at radius 3 is 2.71 bits per heavy atom. The summed E-state index contributed by atoms with van der Waals surface area (Å²) < 4.78 is 0. The molecule has 3 unspecified atom stereocenters. The van der Waals surface area contributed by atoms with Crippen LogP contribution in [0.5, 0.6) is 0 Å². The molecule has 0 saturated heterocycles. The van der Waals surface area contributed by atoms with Crippen LogP contribution in [0, 0.1) is 12.8 Å². The molecule has 4 nitrogen and oxygen atoms in total. The van der Waals surface area contributed by atoms with E-state index < -0.39 is 0 Å². The molecule has 4 heteroatoms. The topological polar surface area (TPSA) is 61.4 Å². The number of rotatable bonds is 5. The standard InChI is InChI=1S/C17H26N2O2/c1-12-6-8-15(9-7-12)19-17(21)13(2)18-11-14-4-3-5-16(20)10-14/h6-9,13-14,16,18,20H,3-5,10-11H2,1-2H3,(H,19,21). The monoisotopic (exact) mass is 290 g/mol. The summed E-state index contributed by atoms with van der Waals surface area (Å²) in [6.07, 6.45) is 3.81. The average molecular weight is 290 g/mol. The Morgan fingerprint density at radius 1 is 1.33 bits per heavy atom. The highest BCUT2D eigenvalue weighted by Gasteiger charge is 2.21. The highest BCUT2D eigenvalue weighted by molar-refractivity contribution is 5.94. The lowest BCUT2D eigenvalue weighted by Crippen LogP contribution is -2.41. The van der Waals surface area contributed by atoms with Crippen molar-refractivity contribution in [3.63, 3.8) is 0 Å². The zero-order valence-corrected chi connectivity index (χ0v) is 12.9. The SMILES string of the molecule is Cc1ccc(NC(=O)C(C)NCC2CCCC(O)C2)cc1. The van der Waals surface area contributed by atoms with E-state index in [2.05, 4.69) is 10.6 Å². The Balaban J connectivity index is 1.75. The highest BCUT2D eigenvalue weighted by atomic mass is 16.3. The van der Waals surface area contributed by atoms with Gasteiger partial charge in [0.2, 0.25) is 5.91 Å². The normalized spacial score (nSPS) is 23.6. The van der Waals surface area contributed by atoms with Gasteiger partial charge in [0.05, 0.1) is 12.1 Å². The third-order valence-electron chi connectivity index (χ3n) is 4.18. The van der Waals surface area contributed by atoms with E-state index >= 15 is 0 Å². The van der Waals surface area contributed by atoms with Crippen molar-refractivity contribution in [3.8, 4) is 0 Å². The molecular formula is C17H26N2O2. The lowest BCUT2D eigenvalue weighted by molar-refractivity contribution is -0.117. The summed E-state index contributed by atoms with van der Waals surface area (Å²) in [6, 6.07) is 7.56. The molecule has 116 valence electrons. The van der Waals surface area contributed by atoms with Gasteiger partial charge in [-0.2, -0.15) is 0 Å². The molecule has 1 aliphatic carbocycles. The van der Waals surface area contributed by atoms with E-state index in [9.17, 15) is 9.90 Å². The number of hydrogen-bond acceptors (Lipinski definition) is 3. The van der Waals surface area contributed by atoms with Crippen LogP contribution in [0.4, 0.5) is 5.69 Å². The van der Waals surface area contributed by atoms with Gasteiger partial charge in [0, 0.05) is 5.69 Å². The first-order valence-corrected chi connectivity index (χ1v) is 7.83. The fraction of sp³-hybridized carbons (Fsp3) is 0.588. The fourth-order valence-electron chi connectivity index (χ4n) is 2.77. The molecule has 0 radical (unpaired) electrons. The third-order valence-corrected chi connectivity index (χ3v) is 4.18. The number of nitrogens with one attached hydrogen (secondary N) is 2. The minimum atomic E-state index is -0.231. The Bertz CT molecular complexity index is 458. The highest BCUT2D eigenvalue weighted by Crippen LogP contribution is 2.23. The maximum Gasteiger partial charge on any atom is 0.241 e. The summed E-state index contributed by atoms with van der Waals surface area (Å²) in [7, 11) is 0. The first-order chi connectivity index (χ1) is 10.0. The van der Waals surface area contributed by atoms with Gasteiger partial charge in [-0.15, -0.1) is 0 Å². The Labute approximate surface area is 126 Å². The molecule has 1 aromatic carbocycles. The van der Waals surface area contributed by atoms with Crippen molar-refractivity contribution in [1.82, 2.24) is 5.32 Å². The second-order valence-corrected chi connectivity index (χ2v) is 6.17. The van der Waals surface area contributed by atoms with Gasteiger partial charge in [-0.3, -0.25) is 4.79 Å². The zero-order chi connectivity index (χ0) is 15.2. The van der Waals surface area contributed by atoms with Crippen LogP contribution in [0.3, 0.4) is 0 Å². The molecule has 2 rings (SSSR count).